The fourth-order valence-electron chi connectivity index (χ4n) is 4.39. The van der Waals surface area contributed by atoms with Crippen molar-refractivity contribution < 1.29 is 23.9 Å². The first-order valence-electron chi connectivity index (χ1n) is 12.4. The lowest BCUT2D eigenvalue weighted by molar-refractivity contribution is -0.127. The van der Waals surface area contributed by atoms with Crippen molar-refractivity contribution in [3.8, 4) is 11.5 Å². The van der Waals surface area contributed by atoms with Crippen molar-refractivity contribution in [3.63, 3.8) is 0 Å². The molecule has 1 fully saturated rings. The maximum atomic E-state index is 13.0. The van der Waals surface area contributed by atoms with E-state index in [1.165, 1.54) is 7.11 Å². The summed E-state index contributed by atoms with van der Waals surface area (Å²) in [6.07, 6.45) is 1.55. The van der Waals surface area contributed by atoms with Gasteiger partial charge in [0.1, 0.15) is 13.2 Å². The van der Waals surface area contributed by atoms with Crippen molar-refractivity contribution in [2.24, 2.45) is 0 Å². The first-order valence-corrected chi connectivity index (χ1v) is 13.6. The first kappa shape index (κ1) is 27.3. The number of aryl methyl sites for hydroxylation is 1. The molecule has 0 atom stereocenters. The number of halogens is 1. The number of benzene rings is 4. The molecule has 4 aromatic rings. The second-order valence-electron chi connectivity index (χ2n) is 9.15. The lowest BCUT2D eigenvalue weighted by atomic mass is 10.1. The maximum Gasteiger partial charge on any atom is 0.294 e. The molecule has 3 amide bonds. The standard InChI is InChI=1S/C31H25ClN2O5S/c1-19-7-5-11-23(13-19)33-28(35)17-34-30(36)27(40-31(34)37)16-20-14-25(32)29(26(15-20)38-2)39-18-22-10-6-9-21-8-3-4-12-24(21)22/h3-16H,17-18H2,1-2H3,(H,33,35)/b27-16-. The van der Waals surface area contributed by atoms with Crippen LogP contribution in [0.2, 0.25) is 5.02 Å². The zero-order valence-corrected chi connectivity index (χ0v) is 23.3. The van der Waals surface area contributed by atoms with Gasteiger partial charge in [-0.15, -0.1) is 0 Å². The summed E-state index contributed by atoms with van der Waals surface area (Å²) in [5.74, 6) is -0.266. The third-order valence-electron chi connectivity index (χ3n) is 6.28. The summed E-state index contributed by atoms with van der Waals surface area (Å²) in [5.41, 5.74) is 3.12. The van der Waals surface area contributed by atoms with Gasteiger partial charge in [0, 0.05) is 5.69 Å². The van der Waals surface area contributed by atoms with E-state index in [1.54, 1.807) is 30.3 Å². The Morgan fingerprint density at radius 3 is 2.60 bits per heavy atom. The van der Waals surface area contributed by atoms with Crippen LogP contribution >= 0.6 is 23.4 Å². The minimum atomic E-state index is -0.555. The molecule has 1 saturated heterocycles. The fraction of sp³-hybridized carbons (Fsp3) is 0.129. The van der Waals surface area contributed by atoms with E-state index < -0.39 is 17.1 Å². The number of carbonyl (C=O) groups is 3. The fourth-order valence-corrected chi connectivity index (χ4v) is 5.50. The lowest BCUT2D eigenvalue weighted by Gasteiger charge is -2.15. The molecule has 0 spiro atoms. The Morgan fingerprint density at radius 2 is 1.80 bits per heavy atom. The van der Waals surface area contributed by atoms with Crippen molar-refractivity contribution in [1.82, 2.24) is 4.90 Å². The second-order valence-corrected chi connectivity index (χ2v) is 10.5. The topological polar surface area (TPSA) is 84.9 Å². The SMILES string of the molecule is COc1cc(/C=C2\SC(=O)N(CC(=O)Nc3cccc(C)c3)C2=O)cc(Cl)c1OCc1cccc2ccccc12. The number of nitrogens with zero attached hydrogens (tertiary/aromatic N) is 1. The van der Waals surface area contributed by atoms with Gasteiger partial charge >= 0.3 is 0 Å². The summed E-state index contributed by atoms with van der Waals surface area (Å²) in [5, 5.41) is 4.68. The van der Waals surface area contributed by atoms with Crippen LogP contribution in [0.5, 0.6) is 11.5 Å². The Labute approximate surface area is 240 Å². The summed E-state index contributed by atoms with van der Waals surface area (Å²) in [6, 6.07) is 24.6. The van der Waals surface area contributed by atoms with E-state index >= 15 is 0 Å². The minimum Gasteiger partial charge on any atom is -0.493 e. The van der Waals surface area contributed by atoms with Gasteiger partial charge in [-0.1, -0.05) is 66.2 Å². The van der Waals surface area contributed by atoms with Crippen LogP contribution in [0.4, 0.5) is 10.5 Å². The van der Waals surface area contributed by atoms with Crippen LogP contribution in [0.25, 0.3) is 16.8 Å². The van der Waals surface area contributed by atoms with Gasteiger partial charge in [0.05, 0.1) is 17.0 Å². The predicted octanol–water partition coefficient (Wildman–Crippen LogP) is 7.06. The molecule has 4 aromatic carbocycles. The number of thioether (sulfide) groups is 1. The van der Waals surface area contributed by atoms with E-state index in [2.05, 4.69) is 5.32 Å². The predicted molar refractivity (Wildman–Crippen MR) is 159 cm³/mol. The lowest BCUT2D eigenvalue weighted by Crippen LogP contribution is -2.36. The van der Waals surface area contributed by atoms with Crippen molar-refractivity contribution in [2.45, 2.75) is 13.5 Å². The Bertz CT molecular complexity index is 1660. The summed E-state index contributed by atoms with van der Waals surface area (Å²) < 4.78 is 11.6. The third kappa shape index (κ3) is 5.98. The number of hydrogen-bond acceptors (Lipinski definition) is 6. The molecule has 0 aliphatic carbocycles. The smallest absolute Gasteiger partial charge is 0.294 e. The van der Waals surface area contributed by atoms with Crippen LogP contribution in [0.3, 0.4) is 0 Å². The molecule has 202 valence electrons. The number of carbonyl (C=O) groups excluding carboxylic acids is 3. The van der Waals surface area contributed by atoms with E-state index in [4.69, 9.17) is 21.1 Å². The van der Waals surface area contributed by atoms with Crippen LogP contribution in [0.1, 0.15) is 16.7 Å². The molecule has 1 heterocycles. The van der Waals surface area contributed by atoms with Crippen LogP contribution in [-0.4, -0.2) is 35.6 Å². The van der Waals surface area contributed by atoms with Crippen LogP contribution in [-0.2, 0) is 16.2 Å². The molecule has 0 aromatic heterocycles. The average Bonchev–Trinajstić information content (AvgIpc) is 3.19. The molecule has 1 N–H and O–H groups in total. The average molecular weight is 573 g/mol. The molecule has 0 saturated carbocycles. The number of methoxy groups -OCH3 is 1. The minimum absolute atomic E-state index is 0.177. The molecular formula is C31H25ClN2O5S. The number of rotatable bonds is 8. The number of fused-ring (bicyclic) bond motifs is 1. The van der Waals surface area contributed by atoms with Gasteiger partial charge in [-0.3, -0.25) is 19.3 Å². The first-order chi connectivity index (χ1) is 19.3. The monoisotopic (exact) mass is 572 g/mol. The van der Waals surface area contributed by atoms with Crippen molar-refractivity contribution in [2.75, 3.05) is 19.0 Å². The number of hydrogen-bond donors (Lipinski definition) is 1. The molecule has 9 heteroatoms. The highest BCUT2D eigenvalue weighted by atomic mass is 35.5. The summed E-state index contributed by atoms with van der Waals surface area (Å²) >= 11 is 7.34. The Kier molecular flexibility index (Phi) is 8.09. The van der Waals surface area contributed by atoms with E-state index in [1.807, 2.05) is 61.5 Å². The van der Waals surface area contributed by atoms with Crippen molar-refractivity contribution in [3.05, 3.63) is 105 Å². The molecule has 0 unspecified atom stereocenters. The second kappa shape index (κ2) is 11.9. The van der Waals surface area contributed by atoms with Gasteiger partial charge in [-0.05, 0) is 76.5 Å². The van der Waals surface area contributed by atoms with E-state index in [0.29, 0.717) is 27.8 Å². The summed E-state index contributed by atoms with van der Waals surface area (Å²) in [7, 11) is 1.50. The molecule has 7 nitrogen and oxygen atoms in total. The van der Waals surface area contributed by atoms with Crippen LogP contribution in [0.15, 0.2) is 83.8 Å². The molecule has 0 bridgehead atoms. The quantitative estimate of drug-likeness (QED) is 0.227. The molecular weight excluding hydrogens is 548 g/mol. The summed E-state index contributed by atoms with van der Waals surface area (Å²) in [6.45, 7) is 1.79. The number of anilines is 1. The number of ether oxygens (including phenoxy) is 2. The van der Waals surface area contributed by atoms with E-state index in [9.17, 15) is 14.4 Å². The highest BCUT2D eigenvalue weighted by molar-refractivity contribution is 8.18. The zero-order chi connectivity index (χ0) is 28.2. The number of amides is 3. The zero-order valence-electron chi connectivity index (χ0n) is 21.8. The maximum absolute atomic E-state index is 13.0. The third-order valence-corrected chi connectivity index (χ3v) is 7.47. The molecule has 40 heavy (non-hydrogen) atoms. The number of imide groups is 1. The molecule has 5 rings (SSSR count). The van der Waals surface area contributed by atoms with Crippen molar-refractivity contribution >= 4 is 63.0 Å². The Morgan fingerprint density at radius 1 is 1.02 bits per heavy atom. The highest BCUT2D eigenvalue weighted by Crippen LogP contribution is 2.39. The van der Waals surface area contributed by atoms with Gasteiger partial charge in [0.2, 0.25) is 5.91 Å². The normalized spacial score (nSPS) is 14.2. The van der Waals surface area contributed by atoms with Gasteiger partial charge in [0.25, 0.3) is 11.1 Å². The largest absolute Gasteiger partial charge is 0.493 e. The number of nitrogens with one attached hydrogen (secondary N) is 1. The highest BCUT2D eigenvalue weighted by Gasteiger charge is 2.36. The van der Waals surface area contributed by atoms with Gasteiger partial charge < -0.3 is 14.8 Å². The van der Waals surface area contributed by atoms with Gasteiger partial charge in [-0.2, -0.15) is 0 Å². The summed E-state index contributed by atoms with van der Waals surface area (Å²) in [4.78, 5) is 39.1. The van der Waals surface area contributed by atoms with Crippen LogP contribution < -0.4 is 14.8 Å². The Hall–Kier alpha value is -4.27. The Balaban J connectivity index is 1.30. The molecule has 0 radical (unpaired) electrons. The van der Waals surface area contributed by atoms with Crippen LogP contribution in [0, 0.1) is 6.92 Å². The van der Waals surface area contributed by atoms with Crippen molar-refractivity contribution in [1.29, 1.82) is 0 Å². The molecule has 1 aliphatic heterocycles. The van der Waals surface area contributed by atoms with Gasteiger partial charge in [0.15, 0.2) is 11.5 Å². The molecule has 1 aliphatic rings. The van der Waals surface area contributed by atoms with E-state index in [-0.39, 0.29) is 18.1 Å². The van der Waals surface area contributed by atoms with Gasteiger partial charge in [-0.25, -0.2) is 0 Å². The van der Waals surface area contributed by atoms with E-state index in [0.717, 1.165) is 38.6 Å².